The summed E-state index contributed by atoms with van der Waals surface area (Å²) < 4.78 is 3.49. The average molecular weight is 330 g/mol. The van der Waals surface area contributed by atoms with Crippen molar-refractivity contribution >= 4 is 0 Å². The van der Waals surface area contributed by atoms with Gasteiger partial charge in [-0.05, 0) is 0 Å². The maximum atomic E-state index is 2.33. The molecule has 98 valence electrons. The summed E-state index contributed by atoms with van der Waals surface area (Å²) in [5, 5.41) is 0. The van der Waals surface area contributed by atoms with Gasteiger partial charge in [0.15, 0.2) is 0 Å². The molecule has 0 aliphatic heterocycles. The molecule has 0 amide bonds. The van der Waals surface area contributed by atoms with Crippen molar-refractivity contribution in [1.82, 2.24) is 0 Å². The zero-order valence-corrected chi connectivity index (χ0v) is 14.4. The van der Waals surface area contributed by atoms with Crippen LogP contribution in [-0.2, 0) is 23.2 Å². The van der Waals surface area contributed by atoms with Crippen LogP contribution in [0.25, 0.3) is 0 Å². The van der Waals surface area contributed by atoms with E-state index in [4.69, 9.17) is 0 Å². The van der Waals surface area contributed by atoms with Crippen LogP contribution < -0.4 is 0 Å². The molecule has 0 fully saturated rings. The van der Waals surface area contributed by atoms with E-state index in [0.717, 1.165) is 12.8 Å². The van der Waals surface area contributed by atoms with Crippen molar-refractivity contribution in [2.45, 2.75) is 39.5 Å². The monoisotopic (exact) mass is 328 g/mol. The van der Waals surface area contributed by atoms with Crippen molar-refractivity contribution in [2.75, 3.05) is 0 Å². The minimum absolute atomic E-state index is 0.565. The topological polar surface area (TPSA) is 0 Å². The van der Waals surface area contributed by atoms with Gasteiger partial charge in [-0.2, -0.15) is 0 Å². The molecule has 0 spiro atoms. The molecule has 2 aliphatic carbocycles. The van der Waals surface area contributed by atoms with Crippen LogP contribution in [0.4, 0.5) is 0 Å². The van der Waals surface area contributed by atoms with Crippen LogP contribution in [0.2, 0.25) is 0 Å². The summed E-state index contributed by atoms with van der Waals surface area (Å²) in [6, 6.07) is 0. The third kappa shape index (κ3) is 4.15. The van der Waals surface area contributed by atoms with Gasteiger partial charge in [0.25, 0.3) is 0 Å². The molecule has 19 heavy (non-hydrogen) atoms. The Morgan fingerprint density at radius 2 is 1.37 bits per heavy atom. The first-order valence-electron chi connectivity index (χ1n) is 7.24. The van der Waals surface area contributed by atoms with E-state index in [2.05, 4.69) is 62.5 Å². The second kappa shape index (κ2) is 7.80. The second-order valence-electron chi connectivity index (χ2n) is 4.83. The Hall–Kier alpha value is -0.677. The van der Waals surface area contributed by atoms with Gasteiger partial charge in [-0.3, -0.25) is 0 Å². The van der Waals surface area contributed by atoms with Gasteiger partial charge in [0.2, 0.25) is 0 Å². The standard InChI is InChI=1S/2C9H11.Zr/c2*1-2-3-6-9-7-4-5-8-9;/h2*3-4,6-7H,2,5H2,1H3;. The summed E-state index contributed by atoms with van der Waals surface area (Å²) in [6.07, 6.45) is 23.1. The van der Waals surface area contributed by atoms with E-state index in [1.54, 1.807) is 6.56 Å². The van der Waals surface area contributed by atoms with Crippen LogP contribution in [0.1, 0.15) is 39.5 Å². The molecule has 0 aromatic carbocycles. The van der Waals surface area contributed by atoms with E-state index in [-0.39, 0.29) is 0 Å². The zero-order valence-electron chi connectivity index (χ0n) is 11.9. The molecule has 0 nitrogen and oxygen atoms in total. The molecule has 0 bridgehead atoms. The summed E-state index contributed by atoms with van der Waals surface area (Å²) in [5.41, 5.74) is 3.01. The summed E-state index contributed by atoms with van der Waals surface area (Å²) in [6.45, 7) is 4.40. The predicted octanol–water partition coefficient (Wildman–Crippen LogP) is 5.43. The average Bonchev–Trinajstić information content (AvgIpc) is 3.04. The van der Waals surface area contributed by atoms with E-state index in [0.29, 0.717) is 0 Å². The summed E-state index contributed by atoms with van der Waals surface area (Å²) >= 11 is -0.565. The van der Waals surface area contributed by atoms with Crippen LogP contribution in [0.3, 0.4) is 0 Å². The third-order valence-electron chi connectivity index (χ3n) is 3.30. The Kier molecular flexibility index (Phi) is 6.05. The molecule has 2 aliphatic rings. The number of allylic oxidation sites excluding steroid dienone is 12. The first kappa shape index (κ1) is 14.7. The molecule has 0 N–H and O–H groups in total. The van der Waals surface area contributed by atoms with Crippen LogP contribution in [-0.4, -0.2) is 0 Å². The van der Waals surface area contributed by atoms with Crippen molar-refractivity contribution < 1.29 is 23.2 Å². The molecule has 0 aromatic rings. The molecule has 0 saturated heterocycles. The summed E-state index contributed by atoms with van der Waals surface area (Å²) in [5.74, 6) is 0. The van der Waals surface area contributed by atoms with Gasteiger partial charge in [-0.25, -0.2) is 0 Å². The van der Waals surface area contributed by atoms with Crippen molar-refractivity contribution in [2.24, 2.45) is 0 Å². The van der Waals surface area contributed by atoms with Crippen molar-refractivity contribution in [3.05, 3.63) is 66.3 Å². The molecule has 0 saturated carbocycles. The van der Waals surface area contributed by atoms with Crippen LogP contribution in [0, 0.1) is 0 Å². The van der Waals surface area contributed by atoms with Gasteiger partial charge < -0.3 is 0 Å². The Bertz CT molecular complexity index is 450. The van der Waals surface area contributed by atoms with Crippen LogP contribution in [0.5, 0.6) is 0 Å². The van der Waals surface area contributed by atoms with E-state index in [1.807, 2.05) is 0 Å². The second-order valence-corrected chi connectivity index (χ2v) is 8.41. The van der Waals surface area contributed by atoms with E-state index in [9.17, 15) is 0 Å². The fourth-order valence-electron chi connectivity index (χ4n) is 2.27. The molecule has 0 aromatic heterocycles. The van der Waals surface area contributed by atoms with Gasteiger partial charge in [0.1, 0.15) is 0 Å². The predicted molar refractivity (Wildman–Crippen MR) is 80.4 cm³/mol. The van der Waals surface area contributed by atoms with E-state index in [1.165, 1.54) is 24.0 Å². The Labute approximate surface area is 128 Å². The van der Waals surface area contributed by atoms with Crippen molar-refractivity contribution in [1.29, 1.82) is 0 Å². The number of rotatable bonds is 6. The normalized spacial score (nSPS) is 18.8. The Morgan fingerprint density at radius 1 is 0.895 bits per heavy atom. The quantitative estimate of drug-likeness (QED) is 0.609. The van der Waals surface area contributed by atoms with E-state index >= 15 is 0 Å². The van der Waals surface area contributed by atoms with Gasteiger partial charge >= 0.3 is 129 Å². The first-order valence-corrected chi connectivity index (χ1v) is 9.70. The molecule has 0 unspecified atom stereocenters. The molecule has 1 heteroatoms. The minimum atomic E-state index is -0.565. The number of hydrogen-bond donors (Lipinski definition) is 0. The van der Waals surface area contributed by atoms with Crippen LogP contribution in [0.15, 0.2) is 66.3 Å². The van der Waals surface area contributed by atoms with Gasteiger partial charge in [-0.15, -0.1) is 0 Å². The Morgan fingerprint density at radius 3 is 1.79 bits per heavy atom. The van der Waals surface area contributed by atoms with E-state index < -0.39 is 23.2 Å². The molecular weight excluding hydrogens is 307 g/mol. The van der Waals surface area contributed by atoms with Gasteiger partial charge in [-0.1, -0.05) is 0 Å². The van der Waals surface area contributed by atoms with Crippen molar-refractivity contribution in [3.63, 3.8) is 0 Å². The fourth-order valence-corrected chi connectivity index (χ4v) is 5.78. The molecule has 0 radical (unpaired) electrons. The SMILES string of the molecule is CCC=CC1=[C]([Zr][C]2=C(C=CCC)C=CC2)CC=C1. The zero-order chi connectivity index (χ0) is 13.5. The summed E-state index contributed by atoms with van der Waals surface area (Å²) in [7, 11) is 0. The molecule has 0 heterocycles. The number of hydrogen-bond acceptors (Lipinski definition) is 0. The fraction of sp³-hybridized carbons (Fsp3) is 0.333. The van der Waals surface area contributed by atoms with Gasteiger partial charge in [0.05, 0.1) is 0 Å². The van der Waals surface area contributed by atoms with Crippen LogP contribution >= 0.6 is 0 Å². The van der Waals surface area contributed by atoms with Gasteiger partial charge in [0, 0.05) is 0 Å². The molecule has 2 rings (SSSR count). The molecular formula is C18H22Zr. The van der Waals surface area contributed by atoms with Crippen molar-refractivity contribution in [3.8, 4) is 0 Å². The third-order valence-corrected chi connectivity index (χ3v) is 7.21. The first-order chi connectivity index (χ1) is 9.35. The Balaban J connectivity index is 2.12. The maximum absolute atomic E-state index is 2.33. The molecule has 0 atom stereocenters. The summed E-state index contributed by atoms with van der Waals surface area (Å²) in [4.78, 5) is 0.